The largest absolute Gasteiger partial charge is 0.339 e. The van der Waals surface area contributed by atoms with Crippen LogP contribution in [-0.4, -0.2) is 33.4 Å². The molecule has 0 saturated carbocycles. The van der Waals surface area contributed by atoms with Crippen LogP contribution >= 0.6 is 0 Å². The molecular weight excluding hydrogens is 322 g/mol. The number of hydrogen-bond acceptors (Lipinski definition) is 2. The van der Waals surface area contributed by atoms with Crippen molar-refractivity contribution in [1.29, 1.82) is 0 Å². The number of nitrogens with zero attached hydrogens (tertiary/aromatic N) is 3. The molecule has 26 heavy (non-hydrogen) atoms. The van der Waals surface area contributed by atoms with Crippen LogP contribution in [0.2, 0.25) is 0 Å². The van der Waals surface area contributed by atoms with Gasteiger partial charge in [-0.05, 0) is 41.9 Å². The quantitative estimate of drug-likeness (QED) is 0.822. The molecule has 4 heteroatoms. The lowest BCUT2D eigenvalue weighted by Crippen LogP contribution is -2.39. The highest BCUT2D eigenvalue weighted by molar-refractivity contribution is 5.94. The standard InChI is InChI=1S/C22H31N3O/c1-5-20-23-12-15-25(20)16-17-10-13-24(14-11-17)21(26)18-6-8-19(9-7-18)22(2,3)4/h6-9,12,15,17H,5,10-11,13-14,16H2,1-4H3. The molecule has 0 atom stereocenters. The Morgan fingerprint density at radius 3 is 2.38 bits per heavy atom. The number of carbonyl (C=O) groups excluding carboxylic acids is 1. The monoisotopic (exact) mass is 353 g/mol. The molecule has 0 bridgehead atoms. The second kappa shape index (κ2) is 7.65. The fraction of sp³-hybridized carbons (Fsp3) is 0.545. The van der Waals surface area contributed by atoms with Crippen molar-refractivity contribution < 1.29 is 4.79 Å². The number of amides is 1. The normalized spacial score (nSPS) is 16.1. The van der Waals surface area contributed by atoms with Crippen LogP contribution in [0.5, 0.6) is 0 Å². The van der Waals surface area contributed by atoms with Gasteiger partial charge in [0, 0.05) is 44.0 Å². The minimum atomic E-state index is 0.116. The maximum Gasteiger partial charge on any atom is 0.253 e. The van der Waals surface area contributed by atoms with E-state index in [4.69, 9.17) is 0 Å². The topological polar surface area (TPSA) is 38.1 Å². The molecular formula is C22H31N3O. The van der Waals surface area contributed by atoms with Crippen molar-refractivity contribution in [2.24, 2.45) is 5.92 Å². The number of benzene rings is 1. The van der Waals surface area contributed by atoms with Crippen LogP contribution in [0, 0.1) is 5.92 Å². The number of aromatic nitrogens is 2. The lowest BCUT2D eigenvalue weighted by atomic mass is 9.86. The third kappa shape index (κ3) is 4.17. The van der Waals surface area contributed by atoms with E-state index >= 15 is 0 Å². The highest BCUT2D eigenvalue weighted by atomic mass is 16.2. The second-order valence-electron chi connectivity index (χ2n) is 8.41. The van der Waals surface area contributed by atoms with Gasteiger partial charge < -0.3 is 9.47 Å². The van der Waals surface area contributed by atoms with E-state index in [1.807, 2.05) is 23.2 Å². The van der Waals surface area contributed by atoms with E-state index in [9.17, 15) is 4.79 Å². The summed E-state index contributed by atoms with van der Waals surface area (Å²) in [6, 6.07) is 8.14. The van der Waals surface area contributed by atoms with Crippen molar-refractivity contribution >= 4 is 5.91 Å². The van der Waals surface area contributed by atoms with E-state index in [-0.39, 0.29) is 11.3 Å². The molecule has 1 aliphatic rings. The number of rotatable bonds is 4. The third-order valence-corrected chi connectivity index (χ3v) is 5.47. The van der Waals surface area contributed by atoms with Gasteiger partial charge >= 0.3 is 0 Å². The van der Waals surface area contributed by atoms with E-state index in [1.165, 1.54) is 5.56 Å². The fourth-order valence-electron chi connectivity index (χ4n) is 3.71. The van der Waals surface area contributed by atoms with Gasteiger partial charge in [-0.1, -0.05) is 39.8 Å². The summed E-state index contributed by atoms with van der Waals surface area (Å²) >= 11 is 0. The van der Waals surface area contributed by atoms with Crippen molar-refractivity contribution in [3.63, 3.8) is 0 Å². The van der Waals surface area contributed by atoms with Crippen LogP contribution in [0.25, 0.3) is 0 Å². The van der Waals surface area contributed by atoms with E-state index in [1.54, 1.807) is 0 Å². The predicted molar refractivity (Wildman–Crippen MR) is 105 cm³/mol. The first-order valence-electron chi connectivity index (χ1n) is 9.78. The minimum absolute atomic E-state index is 0.116. The Morgan fingerprint density at radius 1 is 1.15 bits per heavy atom. The number of carbonyl (C=O) groups is 1. The smallest absolute Gasteiger partial charge is 0.253 e. The third-order valence-electron chi connectivity index (χ3n) is 5.47. The van der Waals surface area contributed by atoms with Gasteiger partial charge in [-0.2, -0.15) is 0 Å². The lowest BCUT2D eigenvalue weighted by molar-refractivity contribution is 0.0682. The van der Waals surface area contributed by atoms with Crippen molar-refractivity contribution in [2.75, 3.05) is 13.1 Å². The average Bonchev–Trinajstić information content (AvgIpc) is 3.08. The highest BCUT2D eigenvalue weighted by Gasteiger charge is 2.24. The van der Waals surface area contributed by atoms with Crippen LogP contribution in [-0.2, 0) is 18.4 Å². The Kier molecular flexibility index (Phi) is 5.49. The lowest BCUT2D eigenvalue weighted by Gasteiger charge is -2.32. The van der Waals surface area contributed by atoms with Crippen LogP contribution < -0.4 is 0 Å². The first-order valence-corrected chi connectivity index (χ1v) is 9.78. The van der Waals surface area contributed by atoms with Crippen molar-refractivity contribution in [3.05, 3.63) is 53.6 Å². The Hall–Kier alpha value is -2.10. The molecule has 1 aromatic heterocycles. The molecule has 140 valence electrons. The summed E-state index contributed by atoms with van der Waals surface area (Å²) in [5.74, 6) is 1.95. The van der Waals surface area contributed by atoms with Crippen LogP contribution in [0.4, 0.5) is 0 Å². The molecule has 0 radical (unpaired) electrons. The van der Waals surface area contributed by atoms with Gasteiger partial charge in [0.1, 0.15) is 5.82 Å². The fourth-order valence-corrected chi connectivity index (χ4v) is 3.71. The summed E-state index contributed by atoms with van der Waals surface area (Å²) in [4.78, 5) is 19.2. The zero-order chi connectivity index (χ0) is 18.7. The zero-order valence-corrected chi connectivity index (χ0v) is 16.5. The molecule has 1 aromatic carbocycles. The zero-order valence-electron chi connectivity index (χ0n) is 16.5. The molecule has 3 rings (SSSR count). The summed E-state index contributed by atoms with van der Waals surface area (Å²) in [6.07, 6.45) is 7.06. The summed E-state index contributed by atoms with van der Waals surface area (Å²) in [7, 11) is 0. The van der Waals surface area contributed by atoms with Crippen LogP contribution in [0.3, 0.4) is 0 Å². The molecule has 4 nitrogen and oxygen atoms in total. The molecule has 2 aromatic rings. The molecule has 0 unspecified atom stereocenters. The molecule has 0 spiro atoms. The SMILES string of the molecule is CCc1nccn1CC1CCN(C(=O)c2ccc(C(C)(C)C)cc2)CC1. The van der Waals surface area contributed by atoms with Crippen molar-refractivity contribution in [2.45, 2.75) is 58.9 Å². The Balaban J connectivity index is 1.56. The molecule has 1 aliphatic heterocycles. The molecule has 1 saturated heterocycles. The molecule has 0 N–H and O–H groups in total. The number of imidazole rings is 1. The molecule has 1 fully saturated rings. The van der Waals surface area contributed by atoms with Gasteiger partial charge in [0.15, 0.2) is 0 Å². The maximum absolute atomic E-state index is 12.8. The Bertz CT molecular complexity index is 731. The summed E-state index contributed by atoms with van der Waals surface area (Å²) in [6.45, 7) is 11.4. The van der Waals surface area contributed by atoms with Gasteiger partial charge in [0.05, 0.1) is 0 Å². The predicted octanol–water partition coefficient (Wildman–Crippen LogP) is 4.30. The number of hydrogen-bond donors (Lipinski definition) is 0. The van der Waals surface area contributed by atoms with Crippen LogP contribution in [0.15, 0.2) is 36.7 Å². The van der Waals surface area contributed by atoms with Gasteiger partial charge in [-0.3, -0.25) is 4.79 Å². The minimum Gasteiger partial charge on any atom is -0.339 e. The maximum atomic E-state index is 12.8. The summed E-state index contributed by atoms with van der Waals surface area (Å²) in [5, 5.41) is 0. The van der Waals surface area contributed by atoms with Gasteiger partial charge in [-0.15, -0.1) is 0 Å². The second-order valence-corrected chi connectivity index (χ2v) is 8.41. The van der Waals surface area contributed by atoms with E-state index in [0.717, 1.165) is 50.3 Å². The first kappa shape index (κ1) is 18.7. The van der Waals surface area contributed by atoms with Gasteiger partial charge in [0.2, 0.25) is 0 Å². The Morgan fingerprint density at radius 2 is 1.81 bits per heavy atom. The van der Waals surface area contributed by atoms with E-state index in [2.05, 4.69) is 55.6 Å². The number of piperidine rings is 1. The van der Waals surface area contributed by atoms with E-state index < -0.39 is 0 Å². The Labute approximate surface area is 157 Å². The molecule has 0 aliphatic carbocycles. The first-order chi connectivity index (χ1) is 12.4. The van der Waals surface area contributed by atoms with Crippen molar-refractivity contribution in [1.82, 2.24) is 14.5 Å². The summed E-state index contributed by atoms with van der Waals surface area (Å²) in [5.41, 5.74) is 2.18. The van der Waals surface area contributed by atoms with Crippen molar-refractivity contribution in [3.8, 4) is 0 Å². The number of likely N-dealkylation sites (tertiary alicyclic amines) is 1. The van der Waals surface area contributed by atoms with Crippen LogP contribution in [0.1, 0.15) is 62.3 Å². The van der Waals surface area contributed by atoms with Gasteiger partial charge in [-0.25, -0.2) is 4.98 Å². The highest BCUT2D eigenvalue weighted by Crippen LogP contribution is 2.24. The molecule has 1 amide bonds. The van der Waals surface area contributed by atoms with E-state index in [0.29, 0.717) is 5.92 Å². The average molecular weight is 354 g/mol. The summed E-state index contributed by atoms with van der Waals surface area (Å²) < 4.78 is 2.27. The van der Waals surface area contributed by atoms with Gasteiger partial charge in [0.25, 0.3) is 5.91 Å². The molecule has 2 heterocycles. The number of aryl methyl sites for hydroxylation is 1.